The monoisotopic (exact) mass is 322 g/mol. The number of carbonyl (C=O) groups excluding carboxylic acids is 1. The summed E-state index contributed by atoms with van der Waals surface area (Å²) >= 11 is 1.23. The predicted octanol–water partition coefficient (Wildman–Crippen LogP) is 2.03. The Balaban J connectivity index is 2.21. The van der Waals surface area contributed by atoms with E-state index < -0.39 is 5.97 Å². The maximum atomic E-state index is 12.5. The first kappa shape index (κ1) is 16.2. The van der Waals surface area contributed by atoms with Gasteiger partial charge in [-0.25, -0.2) is 9.97 Å². The van der Waals surface area contributed by atoms with Crippen molar-refractivity contribution in [2.45, 2.75) is 33.2 Å². The lowest BCUT2D eigenvalue weighted by atomic mass is 10.2. The molecule has 2 heterocycles. The van der Waals surface area contributed by atoms with Crippen LogP contribution in [0.5, 0.6) is 0 Å². The fourth-order valence-electron chi connectivity index (χ4n) is 1.87. The molecule has 0 aromatic carbocycles. The van der Waals surface area contributed by atoms with E-state index in [0.29, 0.717) is 10.7 Å². The second kappa shape index (κ2) is 6.69. The van der Waals surface area contributed by atoms with Gasteiger partial charge in [-0.3, -0.25) is 9.59 Å². The highest BCUT2D eigenvalue weighted by atomic mass is 32.1. The summed E-state index contributed by atoms with van der Waals surface area (Å²) < 4.78 is 0. The van der Waals surface area contributed by atoms with Crippen molar-refractivity contribution in [1.82, 2.24) is 19.9 Å². The summed E-state index contributed by atoms with van der Waals surface area (Å²) in [7, 11) is 0. The van der Waals surface area contributed by atoms with Gasteiger partial charge in [0.25, 0.3) is 5.91 Å². The van der Waals surface area contributed by atoms with Crippen molar-refractivity contribution in [2.24, 2.45) is 0 Å². The minimum absolute atomic E-state index is 0.136. The zero-order chi connectivity index (χ0) is 16.3. The van der Waals surface area contributed by atoms with Gasteiger partial charge in [-0.1, -0.05) is 13.8 Å². The number of amides is 1. The molecule has 1 amide bonds. The van der Waals surface area contributed by atoms with Crippen molar-refractivity contribution >= 4 is 23.2 Å². The third kappa shape index (κ3) is 3.70. The summed E-state index contributed by atoms with van der Waals surface area (Å²) in [5.74, 6) is -1.23. The molecule has 7 nitrogen and oxygen atoms in total. The number of nitrogens with zero attached hydrogens (tertiary/aromatic N) is 3. The van der Waals surface area contributed by atoms with E-state index in [9.17, 15) is 9.59 Å². The summed E-state index contributed by atoms with van der Waals surface area (Å²) in [5, 5.41) is 11.2. The molecule has 0 aliphatic rings. The third-order valence-electron chi connectivity index (χ3n) is 3.18. The summed E-state index contributed by atoms with van der Waals surface area (Å²) in [6, 6.07) is 0. The van der Waals surface area contributed by atoms with Crippen LogP contribution >= 0.6 is 11.3 Å². The molecule has 2 aromatic rings. The van der Waals surface area contributed by atoms with E-state index in [1.807, 2.05) is 26.2 Å². The molecule has 0 radical (unpaired) electrons. The van der Waals surface area contributed by atoms with Crippen molar-refractivity contribution < 1.29 is 14.7 Å². The summed E-state index contributed by atoms with van der Waals surface area (Å²) in [6.45, 7) is 5.56. The van der Waals surface area contributed by atoms with Crippen LogP contribution in [0, 0.1) is 6.92 Å². The molecule has 2 rings (SSSR count). The molecule has 0 fully saturated rings. The Bertz CT molecular complexity index is 677. The minimum Gasteiger partial charge on any atom is -0.480 e. The van der Waals surface area contributed by atoms with Gasteiger partial charge in [0.15, 0.2) is 5.01 Å². The van der Waals surface area contributed by atoms with E-state index in [1.54, 1.807) is 0 Å². The number of H-pyrrole nitrogens is 1. The molecule has 0 aliphatic carbocycles. The van der Waals surface area contributed by atoms with Gasteiger partial charge in [0.05, 0.1) is 24.3 Å². The average molecular weight is 322 g/mol. The lowest BCUT2D eigenvalue weighted by molar-refractivity contribution is -0.137. The van der Waals surface area contributed by atoms with Gasteiger partial charge in [0.2, 0.25) is 0 Å². The first-order valence-corrected chi connectivity index (χ1v) is 7.71. The number of carbonyl (C=O) groups is 2. The average Bonchev–Trinajstić information content (AvgIpc) is 3.06. The number of aromatic nitrogens is 3. The standard InChI is InChI=1S/C14H18N4O3S/c1-8(2)11-6-22-13(17-11)14(21)18(5-12(19)20)4-10-9(3)15-7-16-10/h6-8H,4-5H2,1-3H3,(H,15,16)(H,19,20). The van der Waals surface area contributed by atoms with Crippen molar-refractivity contribution in [3.05, 3.63) is 33.8 Å². The van der Waals surface area contributed by atoms with Gasteiger partial charge in [-0.05, 0) is 12.8 Å². The zero-order valence-corrected chi connectivity index (χ0v) is 13.5. The number of nitrogens with one attached hydrogen (secondary N) is 1. The molecular formula is C14H18N4O3S. The maximum Gasteiger partial charge on any atom is 0.323 e. The zero-order valence-electron chi connectivity index (χ0n) is 12.7. The highest BCUT2D eigenvalue weighted by Gasteiger charge is 2.23. The quantitative estimate of drug-likeness (QED) is 0.847. The molecule has 0 unspecified atom stereocenters. The predicted molar refractivity (Wildman–Crippen MR) is 81.9 cm³/mol. The molecule has 0 aliphatic heterocycles. The van der Waals surface area contributed by atoms with Gasteiger partial charge < -0.3 is 15.0 Å². The van der Waals surface area contributed by atoms with Crippen LogP contribution < -0.4 is 0 Å². The molecule has 2 N–H and O–H groups in total. The van der Waals surface area contributed by atoms with Gasteiger partial charge in [0, 0.05) is 11.1 Å². The van der Waals surface area contributed by atoms with Gasteiger partial charge in [-0.2, -0.15) is 0 Å². The smallest absolute Gasteiger partial charge is 0.323 e. The van der Waals surface area contributed by atoms with E-state index in [0.717, 1.165) is 11.4 Å². The van der Waals surface area contributed by atoms with Crippen molar-refractivity contribution in [2.75, 3.05) is 6.54 Å². The van der Waals surface area contributed by atoms with Crippen LogP contribution in [-0.4, -0.2) is 43.4 Å². The Morgan fingerprint density at radius 2 is 2.18 bits per heavy atom. The van der Waals surface area contributed by atoms with E-state index in [2.05, 4.69) is 15.0 Å². The van der Waals surface area contributed by atoms with Crippen LogP contribution in [0.2, 0.25) is 0 Å². The van der Waals surface area contributed by atoms with Crippen LogP contribution in [0.3, 0.4) is 0 Å². The molecule has 0 bridgehead atoms. The van der Waals surface area contributed by atoms with Crippen LogP contribution in [-0.2, 0) is 11.3 Å². The topological polar surface area (TPSA) is 99.2 Å². The second-order valence-electron chi connectivity index (χ2n) is 5.26. The minimum atomic E-state index is -1.07. The number of carboxylic acid groups (broad SMARTS) is 1. The summed E-state index contributed by atoms with van der Waals surface area (Å²) in [4.78, 5) is 36.1. The lowest BCUT2D eigenvalue weighted by Crippen LogP contribution is -2.35. The Hall–Kier alpha value is -2.22. The molecule has 8 heteroatoms. The van der Waals surface area contributed by atoms with Crippen molar-refractivity contribution in [3.63, 3.8) is 0 Å². The Labute approximate surface area is 132 Å². The number of rotatable bonds is 6. The summed E-state index contributed by atoms with van der Waals surface area (Å²) in [6.07, 6.45) is 1.52. The Morgan fingerprint density at radius 1 is 1.45 bits per heavy atom. The first-order valence-electron chi connectivity index (χ1n) is 6.83. The molecule has 0 spiro atoms. The van der Waals surface area contributed by atoms with Crippen LogP contribution in [0.15, 0.2) is 11.7 Å². The van der Waals surface area contributed by atoms with E-state index in [4.69, 9.17) is 5.11 Å². The number of imidazole rings is 1. The largest absolute Gasteiger partial charge is 0.480 e. The van der Waals surface area contributed by atoms with Gasteiger partial charge in [-0.15, -0.1) is 11.3 Å². The molecule has 22 heavy (non-hydrogen) atoms. The van der Waals surface area contributed by atoms with Crippen LogP contribution in [0.25, 0.3) is 0 Å². The van der Waals surface area contributed by atoms with Crippen LogP contribution in [0.1, 0.15) is 46.6 Å². The van der Waals surface area contributed by atoms with Crippen LogP contribution in [0.4, 0.5) is 0 Å². The van der Waals surface area contributed by atoms with E-state index in [1.165, 1.54) is 22.6 Å². The summed E-state index contributed by atoms with van der Waals surface area (Å²) in [5.41, 5.74) is 2.29. The van der Waals surface area contributed by atoms with E-state index >= 15 is 0 Å². The number of aryl methyl sites for hydroxylation is 1. The van der Waals surface area contributed by atoms with Crippen molar-refractivity contribution in [1.29, 1.82) is 0 Å². The van der Waals surface area contributed by atoms with Gasteiger partial charge >= 0.3 is 5.97 Å². The molecule has 2 aromatic heterocycles. The number of thiazole rings is 1. The van der Waals surface area contributed by atoms with Gasteiger partial charge in [0.1, 0.15) is 6.54 Å². The lowest BCUT2D eigenvalue weighted by Gasteiger charge is -2.18. The third-order valence-corrected chi connectivity index (χ3v) is 4.03. The molecular weight excluding hydrogens is 304 g/mol. The number of hydrogen-bond acceptors (Lipinski definition) is 5. The number of hydrogen-bond donors (Lipinski definition) is 2. The Kier molecular flexibility index (Phi) is 4.92. The first-order chi connectivity index (χ1) is 10.4. The highest BCUT2D eigenvalue weighted by Crippen LogP contribution is 2.20. The second-order valence-corrected chi connectivity index (χ2v) is 6.12. The highest BCUT2D eigenvalue weighted by molar-refractivity contribution is 7.11. The number of aliphatic carboxylic acids is 1. The van der Waals surface area contributed by atoms with E-state index in [-0.39, 0.29) is 24.9 Å². The molecule has 0 atom stereocenters. The SMILES string of the molecule is Cc1[nH]cnc1CN(CC(=O)O)C(=O)c1nc(C(C)C)cs1. The molecule has 118 valence electrons. The fraction of sp³-hybridized carbons (Fsp3) is 0.429. The molecule has 0 saturated carbocycles. The maximum absolute atomic E-state index is 12.5. The Morgan fingerprint density at radius 3 is 2.68 bits per heavy atom. The fourth-order valence-corrected chi connectivity index (χ4v) is 2.82. The number of aromatic amines is 1. The normalized spacial score (nSPS) is 10.9. The van der Waals surface area contributed by atoms with Crippen molar-refractivity contribution in [3.8, 4) is 0 Å². The molecule has 0 saturated heterocycles. The number of carboxylic acids is 1.